The largest absolute Gasteiger partial charge is 0.383 e. The fourth-order valence-electron chi connectivity index (χ4n) is 3.13. The number of nitrogens with one attached hydrogen (secondary N) is 1. The van der Waals surface area contributed by atoms with Gasteiger partial charge in [-0.3, -0.25) is 9.69 Å². The molecule has 6 heteroatoms. The number of aryl methyl sites for hydroxylation is 1. The van der Waals surface area contributed by atoms with Crippen molar-refractivity contribution in [2.45, 2.75) is 64.1 Å². The van der Waals surface area contributed by atoms with Gasteiger partial charge in [0.1, 0.15) is 6.10 Å². The highest BCUT2D eigenvalue weighted by molar-refractivity contribution is 7.09. The Morgan fingerprint density at radius 3 is 2.83 bits per heavy atom. The van der Waals surface area contributed by atoms with Crippen LogP contribution in [0, 0.1) is 5.92 Å². The lowest BCUT2D eigenvalue weighted by molar-refractivity contribution is -0.133. The molecule has 2 heterocycles. The molecule has 0 bridgehead atoms. The Bertz CT molecular complexity index is 522. The molecule has 1 aliphatic heterocycles. The summed E-state index contributed by atoms with van der Waals surface area (Å²) in [5.41, 5.74) is 1.16. The molecular formula is C17H27N3O2S. The molecule has 3 rings (SSSR count). The van der Waals surface area contributed by atoms with Gasteiger partial charge in [0.25, 0.3) is 0 Å². The molecule has 1 aliphatic carbocycles. The van der Waals surface area contributed by atoms with E-state index >= 15 is 0 Å². The molecule has 1 saturated carbocycles. The van der Waals surface area contributed by atoms with E-state index in [1.807, 2.05) is 0 Å². The second-order valence-corrected chi connectivity index (χ2v) is 7.77. The normalized spacial score (nSPS) is 21.3. The van der Waals surface area contributed by atoms with Crippen LogP contribution in [-0.2, 0) is 17.8 Å². The van der Waals surface area contributed by atoms with E-state index in [-0.39, 0.29) is 11.8 Å². The SMILES string of the molecule is CCCc1nc(CN2CCC([C@H](O)C(=O)NC3CC3)CC2)cs1. The molecule has 5 nitrogen and oxygen atoms in total. The first-order valence-corrected chi connectivity index (χ1v) is 9.67. The van der Waals surface area contributed by atoms with Crippen molar-refractivity contribution >= 4 is 17.2 Å². The van der Waals surface area contributed by atoms with E-state index in [2.05, 4.69) is 27.5 Å². The Kier molecular flexibility index (Phi) is 5.67. The molecule has 1 atom stereocenters. The zero-order valence-electron chi connectivity index (χ0n) is 13.8. The van der Waals surface area contributed by atoms with Crippen LogP contribution in [0.1, 0.15) is 49.7 Å². The monoisotopic (exact) mass is 337 g/mol. The minimum absolute atomic E-state index is 0.0936. The van der Waals surface area contributed by atoms with Crippen molar-refractivity contribution in [1.82, 2.24) is 15.2 Å². The highest BCUT2D eigenvalue weighted by Gasteiger charge is 2.33. The number of aliphatic hydroxyl groups excluding tert-OH is 1. The molecule has 128 valence electrons. The summed E-state index contributed by atoms with van der Waals surface area (Å²) in [4.78, 5) is 19.0. The fourth-order valence-corrected chi connectivity index (χ4v) is 4.03. The number of likely N-dealkylation sites (tertiary alicyclic amines) is 1. The summed E-state index contributed by atoms with van der Waals surface area (Å²) in [7, 11) is 0. The molecule has 1 aromatic rings. The summed E-state index contributed by atoms with van der Waals surface area (Å²) in [5, 5.41) is 16.5. The second kappa shape index (κ2) is 7.73. The van der Waals surface area contributed by atoms with E-state index < -0.39 is 6.10 Å². The van der Waals surface area contributed by atoms with Crippen molar-refractivity contribution in [2.75, 3.05) is 13.1 Å². The third kappa shape index (κ3) is 4.75. The lowest BCUT2D eigenvalue weighted by atomic mass is 9.90. The fraction of sp³-hybridized carbons (Fsp3) is 0.765. The summed E-state index contributed by atoms with van der Waals surface area (Å²) in [6, 6.07) is 0.319. The predicted octanol–water partition coefficient (Wildman–Crippen LogP) is 1.95. The average molecular weight is 337 g/mol. The molecular weight excluding hydrogens is 310 g/mol. The van der Waals surface area contributed by atoms with E-state index in [9.17, 15) is 9.90 Å². The van der Waals surface area contributed by atoms with E-state index in [0.717, 1.165) is 63.9 Å². The summed E-state index contributed by atoms with van der Waals surface area (Å²) >= 11 is 1.75. The number of aromatic nitrogens is 1. The third-order valence-corrected chi connectivity index (χ3v) is 5.68. The number of thiazole rings is 1. The third-order valence-electron chi connectivity index (χ3n) is 4.72. The molecule has 1 saturated heterocycles. The van der Waals surface area contributed by atoms with Gasteiger partial charge in [-0.25, -0.2) is 4.98 Å². The summed E-state index contributed by atoms with van der Waals surface area (Å²) in [5.74, 6) is -0.0780. The highest BCUT2D eigenvalue weighted by atomic mass is 32.1. The Hall–Kier alpha value is -0.980. The van der Waals surface area contributed by atoms with Crippen LogP contribution in [0.15, 0.2) is 5.38 Å². The lowest BCUT2D eigenvalue weighted by Gasteiger charge is -2.33. The summed E-state index contributed by atoms with van der Waals surface area (Å²) < 4.78 is 0. The molecule has 2 fully saturated rings. The zero-order valence-corrected chi connectivity index (χ0v) is 14.6. The molecule has 0 unspecified atom stereocenters. The van der Waals surface area contributed by atoms with Gasteiger partial charge >= 0.3 is 0 Å². The van der Waals surface area contributed by atoms with Crippen LogP contribution >= 0.6 is 11.3 Å². The van der Waals surface area contributed by atoms with Crippen molar-refractivity contribution < 1.29 is 9.90 Å². The Balaban J connectivity index is 1.42. The number of hydrogen-bond donors (Lipinski definition) is 2. The molecule has 0 aromatic carbocycles. The molecule has 0 spiro atoms. The van der Waals surface area contributed by atoms with Crippen LogP contribution < -0.4 is 5.32 Å². The first-order chi connectivity index (χ1) is 11.2. The van der Waals surface area contributed by atoms with Crippen LogP contribution in [0.3, 0.4) is 0 Å². The van der Waals surface area contributed by atoms with Crippen LogP contribution in [-0.4, -0.2) is 46.1 Å². The van der Waals surface area contributed by atoms with Gasteiger partial charge < -0.3 is 10.4 Å². The van der Waals surface area contributed by atoms with Gasteiger partial charge in [-0.1, -0.05) is 6.92 Å². The van der Waals surface area contributed by atoms with Crippen molar-refractivity contribution in [3.63, 3.8) is 0 Å². The maximum atomic E-state index is 11.9. The molecule has 2 aliphatic rings. The maximum Gasteiger partial charge on any atom is 0.249 e. The quantitative estimate of drug-likeness (QED) is 0.798. The standard InChI is InChI=1S/C17H27N3O2S/c1-2-3-15-18-14(11-23-15)10-20-8-6-12(7-9-20)16(21)17(22)19-13-4-5-13/h11-13,16,21H,2-10H2,1H3,(H,19,22)/t16-/m0/s1. The molecule has 23 heavy (non-hydrogen) atoms. The van der Waals surface area contributed by atoms with Crippen LogP contribution in [0.25, 0.3) is 0 Å². The number of nitrogens with zero attached hydrogens (tertiary/aromatic N) is 2. The van der Waals surface area contributed by atoms with Crippen molar-refractivity contribution in [1.29, 1.82) is 0 Å². The van der Waals surface area contributed by atoms with Crippen molar-refractivity contribution in [3.05, 3.63) is 16.1 Å². The van der Waals surface area contributed by atoms with E-state index in [1.165, 1.54) is 5.01 Å². The smallest absolute Gasteiger partial charge is 0.249 e. The van der Waals surface area contributed by atoms with Crippen molar-refractivity contribution in [3.8, 4) is 0 Å². The van der Waals surface area contributed by atoms with Crippen LogP contribution in [0.2, 0.25) is 0 Å². The minimum Gasteiger partial charge on any atom is -0.383 e. The number of amides is 1. The predicted molar refractivity (Wildman–Crippen MR) is 91.3 cm³/mol. The van der Waals surface area contributed by atoms with Crippen LogP contribution in [0.5, 0.6) is 0 Å². The van der Waals surface area contributed by atoms with Crippen LogP contribution in [0.4, 0.5) is 0 Å². The number of carbonyl (C=O) groups excluding carboxylic acids is 1. The van der Waals surface area contributed by atoms with E-state index in [0.29, 0.717) is 6.04 Å². The highest BCUT2D eigenvalue weighted by Crippen LogP contribution is 2.24. The van der Waals surface area contributed by atoms with Gasteiger partial charge in [0, 0.05) is 18.0 Å². The van der Waals surface area contributed by atoms with Gasteiger partial charge in [-0.15, -0.1) is 11.3 Å². The minimum atomic E-state index is -0.840. The van der Waals surface area contributed by atoms with E-state index in [1.54, 1.807) is 11.3 Å². The Labute approximate surface area is 142 Å². The zero-order chi connectivity index (χ0) is 16.2. The molecule has 1 aromatic heterocycles. The maximum absolute atomic E-state index is 11.9. The molecule has 2 N–H and O–H groups in total. The van der Waals surface area contributed by atoms with Gasteiger partial charge in [-0.05, 0) is 57.5 Å². The molecule has 0 radical (unpaired) electrons. The van der Waals surface area contributed by atoms with Gasteiger partial charge in [0.05, 0.1) is 10.7 Å². The second-order valence-electron chi connectivity index (χ2n) is 6.82. The number of rotatable bonds is 7. The number of aliphatic hydroxyl groups is 1. The van der Waals surface area contributed by atoms with Gasteiger partial charge in [0.15, 0.2) is 0 Å². The lowest BCUT2D eigenvalue weighted by Crippen LogP contribution is -2.44. The van der Waals surface area contributed by atoms with Crippen molar-refractivity contribution in [2.24, 2.45) is 5.92 Å². The van der Waals surface area contributed by atoms with E-state index in [4.69, 9.17) is 0 Å². The average Bonchev–Trinajstić information content (AvgIpc) is 3.26. The number of carbonyl (C=O) groups is 1. The summed E-state index contributed by atoms with van der Waals surface area (Å²) in [6.45, 7) is 4.92. The topological polar surface area (TPSA) is 65.5 Å². The van der Waals surface area contributed by atoms with Gasteiger partial charge in [0.2, 0.25) is 5.91 Å². The number of hydrogen-bond acceptors (Lipinski definition) is 5. The van der Waals surface area contributed by atoms with Gasteiger partial charge in [-0.2, -0.15) is 0 Å². The Morgan fingerprint density at radius 2 is 2.17 bits per heavy atom. The molecule has 1 amide bonds. The first kappa shape index (κ1) is 16.9. The number of piperidine rings is 1. The Morgan fingerprint density at radius 1 is 1.43 bits per heavy atom. The summed E-state index contributed by atoms with van der Waals surface area (Å²) in [6.07, 6.45) is 5.24. The first-order valence-electron chi connectivity index (χ1n) is 8.79.